The maximum absolute atomic E-state index is 13.9. The average molecular weight is 354 g/mol. The van der Waals surface area contributed by atoms with Crippen LogP contribution in [-0.2, 0) is 12.3 Å². The Morgan fingerprint density at radius 2 is 2.00 bits per heavy atom. The lowest BCUT2D eigenvalue weighted by atomic mass is 10.0. The van der Waals surface area contributed by atoms with Crippen LogP contribution < -0.4 is 5.69 Å². The zero-order valence-corrected chi connectivity index (χ0v) is 14.3. The molecule has 0 fully saturated rings. The predicted octanol–water partition coefficient (Wildman–Crippen LogP) is 3.71. The van der Waals surface area contributed by atoms with Crippen LogP contribution in [0.5, 0.6) is 0 Å². The van der Waals surface area contributed by atoms with Crippen molar-refractivity contribution in [2.24, 2.45) is 0 Å². The van der Waals surface area contributed by atoms with Crippen molar-refractivity contribution in [1.82, 2.24) is 18.9 Å². The van der Waals surface area contributed by atoms with Crippen molar-refractivity contribution in [3.05, 3.63) is 70.5 Å². The molecule has 3 aromatic heterocycles. The standard InChI is InChI=1S/C19H16F2N4O/c1-3-14-13-8-7-12(19(2,20)21)11-15(13)25(18(26)23-14)17-6-4-5-16-22-9-10-24(16)17/h4-11H,3H2,1-2H3. The minimum absolute atomic E-state index is 0.149. The number of aryl methyl sites for hydroxylation is 1. The quantitative estimate of drug-likeness (QED) is 0.564. The zero-order valence-electron chi connectivity index (χ0n) is 14.3. The molecule has 0 aliphatic rings. The van der Waals surface area contributed by atoms with Crippen molar-refractivity contribution >= 4 is 16.6 Å². The number of benzene rings is 1. The summed E-state index contributed by atoms with van der Waals surface area (Å²) >= 11 is 0. The number of hydrogen-bond donors (Lipinski definition) is 0. The summed E-state index contributed by atoms with van der Waals surface area (Å²) in [5, 5.41) is 0.678. The van der Waals surface area contributed by atoms with E-state index in [-0.39, 0.29) is 5.56 Å². The van der Waals surface area contributed by atoms with E-state index >= 15 is 0 Å². The molecular weight excluding hydrogens is 338 g/mol. The molecular formula is C19H16F2N4O. The van der Waals surface area contributed by atoms with Gasteiger partial charge in [-0.25, -0.2) is 23.1 Å². The van der Waals surface area contributed by atoms with Crippen LogP contribution in [0.3, 0.4) is 0 Å². The molecule has 26 heavy (non-hydrogen) atoms. The number of alkyl halides is 2. The number of pyridine rings is 1. The highest BCUT2D eigenvalue weighted by atomic mass is 19.3. The molecule has 0 bridgehead atoms. The minimum Gasteiger partial charge on any atom is -0.285 e. The van der Waals surface area contributed by atoms with Crippen LogP contribution in [0.15, 0.2) is 53.6 Å². The van der Waals surface area contributed by atoms with Crippen LogP contribution in [0.1, 0.15) is 25.1 Å². The molecule has 7 heteroatoms. The highest BCUT2D eigenvalue weighted by molar-refractivity contribution is 5.83. The van der Waals surface area contributed by atoms with E-state index in [2.05, 4.69) is 9.97 Å². The number of imidazole rings is 1. The summed E-state index contributed by atoms with van der Waals surface area (Å²) in [4.78, 5) is 21.1. The topological polar surface area (TPSA) is 52.2 Å². The third-order valence-corrected chi connectivity index (χ3v) is 4.45. The molecule has 4 aromatic rings. The highest BCUT2D eigenvalue weighted by Gasteiger charge is 2.25. The Morgan fingerprint density at radius 3 is 2.73 bits per heavy atom. The van der Waals surface area contributed by atoms with Crippen LogP contribution >= 0.6 is 0 Å². The van der Waals surface area contributed by atoms with Crippen molar-refractivity contribution in [1.29, 1.82) is 0 Å². The van der Waals surface area contributed by atoms with Gasteiger partial charge < -0.3 is 0 Å². The summed E-state index contributed by atoms with van der Waals surface area (Å²) in [6, 6.07) is 9.67. The first kappa shape index (κ1) is 16.4. The smallest absolute Gasteiger partial charge is 0.285 e. The van der Waals surface area contributed by atoms with Gasteiger partial charge >= 0.3 is 5.69 Å². The number of aromatic nitrogens is 4. The van der Waals surface area contributed by atoms with E-state index in [0.29, 0.717) is 34.5 Å². The minimum atomic E-state index is -3.01. The largest absolute Gasteiger partial charge is 0.354 e. The SMILES string of the molecule is CCc1nc(=O)n(-c2cccc3nccn23)c2cc(C(C)(F)F)ccc12. The summed E-state index contributed by atoms with van der Waals surface area (Å²) in [6.45, 7) is 2.72. The van der Waals surface area contributed by atoms with Crippen molar-refractivity contribution in [2.45, 2.75) is 26.2 Å². The maximum Gasteiger partial charge on any atom is 0.354 e. The lowest BCUT2D eigenvalue weighted by Gasteiger charge is -2.16. The van der Waals surface area contributed by atoms with Crippen LogP contribution in [0, 0.1) is 0 Å². The highest BCUT2D eigenvalue weighted by Crippen LogP contribution is 2.30. The van der Waals surface area contributed by atoms with Gasteiger partial charge in [0.2, 0.25) is 0 Å². The summed E-state index contributed by atoms with van der Waals surface area (Å²) in [5.74, 6) is -2.51. The molecule has 1 aromatic carbocycles. The normalized spacial score (nSPS) is 12.2. The fraction of sp³-hybridized carbons (Fsp3) is 0.211. The predicted molar refractivity (Wildman–Crippen MR) is 95.0 cm³/mol. The number of hydrogen-bond acceptors (Lipinski definition) is 3. The third-order valence-electron chi connectivity index (χ3n) is 4.45. The molecule has 5 nitrogen and oxygen atoms in total. The molecule has 0 saturated carbocycles. The van der Waals surface area contributed by atoms with E-state index in [0.717, 1.165) is 6.92 Å². The first-order valence-electron chi connectivity index (χ1n) is 8.26. The maximum atomic E-state index is 13.9. The number of nitrogens with zero attached hydrogens (tertiary/aromatic N) is 4. The van der Waals surface area contributed by atoms with Gasteiger partial charge in [-0.1, -0.05) is 25.1 Å². The molecule has 0 amide bonds. The molecule has 0 unspecified atom stereocenters. The summed E-state index contributed by atoms with van der Waals surface area (Å²) in [7, 11) is 0. The molecule has 0 atom stereocenters. The Bertz CT molecular complexity index is 1190. The van der Waals surface area contributed by atoms with Crippen LogP contribution in [0.4, 0.5) is 8.78 Å². The fourth-order valence-electron chi connectivity index (χ4n) is 3.17. The summed E-state index contributed by atoms with van der Waals surface area (Å²) < 4.78 is 30.9. The van der Waals surface area contributed by atoms with E-state index in [9.17, 15) is 13.6 Å². The summed E-state index contributed by atoms with van der Waals surface area (Å²) in [6.07, 6.45) is 3.87. The number of halogens is 2. The second-order valence-corrected chi connectivity index (χ2v) is 6.19. The van der Waals surface area contributed by atoms with Gasteiger partial charge in [-0.2, -0.15) is 4.98 Å². The van der Waals surface area contributed by atoms with Crippen molar-refractivity contribution in [3.8, 4) is 5.82 Å². The van der Waals surface area contributed by atoms with E-state index in [4.69, 9.17) is 0 Å². The zero-order chi connectivity index (χ0) is 18.5. The molecule has 0 aliphatic heterocycles. The van der Waals surface area contributed by atoms with Gasteiger partial charge in [0, 0.05) is 30.3 Å². The van der Waals surface area contributed by atoms with Crippen LogP contribution in [-0.4, -0.2) is 18.9 Å². The first-order valence-corrected chi connectivity index (χ1v) is 8.26. The van der Waals surface area contributed by atoms with Gasteiger partial charge in [0.25, 0.3) is 5.92 Å². The molecule has 3 heterocycles. The fourth-order valence-corrected chi connectivity index (χ4v) is 3.17. The lowest BCUT2D eigenvalue weighted by Crippen LogP contribution is -2.25. The number of rotatable bonds is 3. The van der Waals surface area contributed by atoms with E-state index in [1.807, 2.05) is 6.92 Å². The van der Waals surface area contributed by atoms with E-state index in [1.165, 1.54) is 16.7 Å². The van der Waals surface area contributed by atoms with Crippen LogP contribution in [0.25, 0.3) is 22.4 Å². The van der Waals surface area contributed by atoms with Gasteiger partial charge in [0.1, 0.15) is 11.5 Å². The monoisotopic (exact) mass is 354 g/mol. The van der Waals surface area contributed by atoms with Gasteiger partial charge in [0.05, 0.1) is 11.2 Å². The second-order valence-electron chi connectivity index (χ2n) is 6.19. The first-order chi connectivity index (χ1) is 12.4. The lowest BCUT2D eigenvalue weighted by molar-refractivity contribution is 0.0176. The van der Waals surface area contributed by atoms with E-state index in [1.54, 1.807) is 41.1 Å². The molecule has 132 valence electrons. The van der Waals surface area contributed by atoms with Gasteiger partial charge in [0.15, 0.2) is 0 Å². The number of fused-ring (bicyclic) bond motifs is 2. The Labute approximate surface area is 147 Å². The summed E-state index contributed by atoms with van der Waals surface area (Å²) in [5.41, 5.74) is 0.988. The Morgan fingerprint density at radius 1 is 1.19 bits per heavy atom. The van der Waals surface area contributed by atoms with Crippen molar-refractivity contribution in [3.63, 3.8) is 0 Å². The Hall–Kier alpha value is -3.09. The van der Waals surface area contributed by atoms with Crippen molar-refractivity contribution in [2.75, 3.05) is 0 Å². The van der Waals surface area contributed by atoms with E-state index < -0.39 is 11.6 Å². The molecule has 0 aliphatic carbocycles. The van der Waals surface area contributed by atoms with Crippen molar-refractivity contribution < 1.29 is 8.78 Å². The second kappa shape index (κ2) is 5.72. The van der Waals surface area contributed by atoms with Gasteiger partial charge in [-0.05, 0) is 24.6 Å². The van der Waals surface area contributed by atoms with Gasteiger partial charge in [-0.3, -0.25) is 4.40 Å². The molecule has 0 saturated heterocycles. The molecule has 0 N–H and O–H groups in total. The Kier molecular flexibility index (Phi) is 3.61. The van der Waals surface area contributed by atoms with Crippen LogP contribution in [0.2, 0.25) is 0 Å². The molecule has 4 rings (SSSR count). The molecule has 0 radical (unpaired) electrons. The van der Waals surface area contributed by atoms with Gasteiger partial charge in [-0.15, -0.1) is 0 Å². The third kappa shape index (κ3) is 2.47. The average Bonchev–Trinajstić information content (AvgIpc) is 3.09. The molecule has 0 spiro atoms. The Balaban J connectivity index is 2.16.